The number of ether oxygens (including phenoxy) is 1. The molecule has 8 heteroatoms. The highest BCUT2D eigenvalue weighted by molar-refractivity contribution is 7.10. The maximum Gasteiger partial charge on any atom is 0.318 e. The summed E-state index contributed by atoms with van der Waals surface area (Å²) in [6.07, 6.45) is 1.75. The van der Waals surface area contributed by atoms with Crippen molar-refractivity contribution in [1.29, 1.82) is 0 Å². The van der Waals surface area contributed by atoms with E-state index in [1.54, 1.807) is 16.2 Å². The van der Waals surface area contributed by atoms with Gasteiger partial charge < -0.3 is 19.9 Å². The van der Waals surface area contributed by atoms with Gasteiger partial charge in [0.1, 0.15) is 18.9 Å². The number of nitrogens with one attached hydrogen (secondary N) is 1. The summed E-state index contributed by atoms with van der Waals surface area (Å²) in [7, 11) is 0. The normalized spacial score (nSPS) is 16.4. The Bertz CT molecular complexity index is 1030. The molecule has 0 radical (unpaired) electrons. The van der Waals surface area contributed by atoms with E-state index in [0.717, 1.165) is 29.7 Å². The van der Waals surface area contributed by atoms with Crippen molar-refractivity contribution in [2.24, 2.45) is 5.92 Å². The molecule has 0 spiro atoms. The van der Waals surface area contributed by atoms with Gasteiger partial charge in [-0.05, 0) is 80.8 Å². The molecule has 2 aromatic rings. The lowest BCUT2D eigenvalue weighted by Gasteiger charge is -2.38. The number of benzene rings is 1. The Morgan fingerprint density at radius 2 is 2.06 bits per heavy atom. The van der Waals surface area contributed by atoms with Gasteiger partial charge in [0.25, 0.3) is 0 Å². The van der Waals surface area contributed by atoms with Crippen LogP contribution in [0.1, 0.15) is 63.1 Å². The molecule has 1 aliphatic heterocycles. The number of carbonyl (C=O) groups is 2. The van der Waals surface area contributed by atoms with Crippen LogP contribution in [-0.2, 0) is 11.2 Å². The van der Waals surface area contributed by atoms with E-state index in [0.29, 0.717) is 30.6 Å². The second-order valence-electron chi connectivity index (χ2n) is 10.4. The number of rotatable bonds is 8. The Labute approximate surface area is 218 Å². The third-order valence-electron chi connectivity index (χ3n) is 6.28. The number of amides is 3. The van der Waals surface area contributed by atoms with Crippen LogP contribution in [0.25, 0.3) is 0 Å². The van der Waals surface area contributed by atoms with Crippen LogP contribution >= 0.6 is 22.9 Å². The Kier molecular flexibility index (Phi) is 9.11. The van der Waals surface area contributed by atoms with Crippen molar-refractivity contribution in [3.8, 4) is 5.75 Å². The molecule has 0 bridgehead atoms. The maximum atomic E-state index is 13.6. The van der Waals surface area contributed by atoms with Gasteiger partial charge in [-0.15, -0.1) is 11.3 Å². The largest absolute Gasteiger partial charge is 0.491 e. The molecular formula is C27H38ClN3O3S. The molecule has 1 aromatic carbocycles. The molecule has 3 amide bonds. The van der Waals surface area contributed by atoms with Crippen molar-refractivity contribution < 1.29 is 14.3 Å². The van der Waals surface area contributed by atoms with Gasteiger partial charge in [0.2, 0.25) is 5.91 Å². The van der Waals surface area contributed by atoms with E-state index in [1.165, 1.54) is 4.88 Å². The number of thiophene rings is 1. The summed E-state index contributed by atoms with van der Waals surface area (Å²) >= 11 is 7.88. The van der Waals surface area contributed by atoms with Crippen LogP contribution in [0, 0.1) is 12.8 Å². The van der Waals surface area contributed by atoms with Crippen LogP contribution in [0.5, 0.6) is 5.75 Å². The maximum absolute atomic E-state index is 13.6. The fourth-order valence-corrected chi connectivity index (χ4v) is 5.18. The average Bonchev–Trinajstić information content (AvgIpc) is 3.27. The van der Waals surface area contributed by atoms with Gasteiger partial charge in [-0.25, -0.2) is 4.79 Å². The zero-order valence-corrected chi connectivity index (χ0v) is 23.3. The van der Waals surface area contributed by atoms with E-state index < -0.39 is 0 Å². The SMILES string of the molecule is CCC(C)CN(CC(=O)N1CCc2sccc2C1COc1ccc(Cl)c(C)c1)C(=O)NC(C)(C)C. The van der Waals surface area contributed by atoms with Crippen molar-refractivity contribution in [3.05, 3.63) is 50.7 Å². The summed E-state index contributed by atoms with van der Waals surface area (Å²) in [6, 6.07) is 7.27. The van der Waals surface area contributed by atoms with Crippen LogP contribution in [0.15, 0.2) is 29.6 Å². The summed E-state index contributed by atoms with van der Waals surface area (Å²) in [5.74, 6) is 0.963. The van der Waals surface area contributed by atoms with Crippen molar-refractivity contribution in [2.75, 3.05) is 26.2 Å². The summed E-state index contributed by atoms with van der Waals surface area (Å²) < 4.78 is 6.15. The molecule has 0 fully saturated rings. The quantitative estimate of drug-likeness (QED) is 0.460. The second-order valence-corrected chi connectivity index (χ2v) is 11.9. The van der Waals surface area contributed by atoms with Crippen LogP contribution in [0.3, 0.4) is 0 Å². The van der Waals surface area contributed by atoms with Crippen LogP contribution < -0.4 is 10.1 Å². The predicted octanol–water partition coefficient (Wildman–Crippen LogP) is 6.07. The molecule has 2 heterocycles. The first-order valence-electron chi connectivity index (χ1n) is 12.3. The topological polar surface area (TPSA) is 61.9 Å². The first-order valence-corrected chi connectivity index (χ1v) is 13.6. The standard InChI is InChI=1S/C27H38ClN3O3S/c1-7-18(2)15-30(26(33)29-27(4,5)6)16-25(32)31-12-10-24-21(11-13-35-24)23(31)17-34-20-8-9-22(28)19(3)14-20/h8-9,11,13-14,18,23H,7,10,12,15-17H2,1-6H3,(H,29,33). The first-order chi connectivity index (χ1) is 16.5. The van der Waals surface area contributed by atoms with E-state index in [1.807, 2.05) is 50.8 Å². The molecule has 1 aromatic heterocycles. The van der Waals surface area contributed by atoms with Crippen LogP contribution in [0.2, 0.25) is 5.02 Å². The zero-order valence-electron chi connectivity index (χ0n) is 21.7. The second kappa shape index (κ2) is 11.7. The third kappa shape index (κ3) is 7.37. The van der Waals surface area contributed by atoms with Crippen LogP contribution in [0.4, 0.5) is 4.79 Å². The van der Waals surface area contributed by atoms with E-state index in [9.17, 15) is 9.59 Å². The molecule has 2 unspecified atom stereocenters. The number of hydrogen-bond donors (Lipinski definition) is 1. The number of carbonyl (C=O) groups excluding carboxylic acids is 2. The zero-order chi connectivity index (χ0) is 25.8. The molecule has 2 atom stereocenters. The number of halogens is 1. The minimum atomic E-state index is -0.377. The molecule has 1 aliphatic rings. The Morgan fingerprint density at radius 3 is 2.71 bits per heavy atom. The van der Waals surface area contributed by atoms with Crippen molar-refractivity contribution in [3.63, 3.8) is 0 Å². The molecule has 6 nitrogen and oxygen atoms in total. The molecule has 35 heavy (non-hydrogen) atoms. The van der Waals surface area contributed by atoms with Gasteiger partial charge in [0.15, 0.2) is 0 Å². The highest BCUT2D eigenvalue weighted by Gasteiger charge is 2.34. The summed E-state index contributed by atoms with van der Waals surface area (Å²) in [5, 5.41) is 5.79. The van der Waals surface area contributed by atoms with Gasteiger partial charge >= 0.3 is 6.03 Å². The van der Waals surface area contributed by atoms with E-state index in [-0.39, 0.29) is 30.1 Å². The number of nitrogens with zero attached hydrogens (tertiary/aromatic N) is 2. The third-order valence-corrected chi connectivity index (χ3v) is 7.70. The summed E-state index contributed by atoms with van der Waals surface area (Å²) in [6.45, 7) is 13.5. The average molecular weight is 520 g/mol. The van der Waals surface area contributed by atoms with Gasteiger partial charge in [-0.1, -0.05) is 31.9 Å². The number of hydrogen-bond acceptors (Lipinski definition) is 4. The molecule has 192 valence electrons. The fraction of sp³-hybridized carbons (Fsp3) is 0.556. The van der Waals surface area contributed by atoms with Gasteiger partial charge in [-0.3, -0.25) is 4.79 Å². The first kappa shape index (κ1) is 27.3. The number of fused-ring (bicyclic) bond motifs is 1. The lowest BCUT2D eigenvalue weighted by Crippen LogP contribution is -2.53. The fourth-order valence-electron chi connectivity index (χ4n) is 4.14. The Balaban J connectivity index is 1.78. The summed E-state index contributed by atoms with van der Waals surface area (Å²) in [4.78, 5) is 31.5. The van der Waals surface area contributed by atoms with Gasteiger partial charge in [0, 0.05) is 28.5 Å². The van der Waals surface area contributed by atoms with Crippen molar-refractivity contribution in [1.82, 2.24) is 15.1 Å². The Hall–Kier alpha value is -2.25. The highest BCUT2D eigenvalue weighted by Crippen LogP contribution is 2.34. The van der Waals surface area contributed by atoms with E-state index >= 15 is 0 Å². The summed E-state index contributed by atoms with van der Waals surface area (Å²) in [5.41, 5.74) is 1.70. The highest BCUT2D eigenvalue weighted by atomic mass is 35.5. The van der Waals surface area contributed by atoms with Crippen molar-refractivity contribution >= 4 is 34.9 Å². The van der Waals surface area contributed by atoms with E-state index in [4.69, 9.17) is 16.3 Å². The van der Waals surface area contributed by atoms with Crippen molar-refractivity contribution in [2.45, 2.75) is 66.0 Å². The monoisotopic (exact) mass is 519 g/mol. The smallest absolute Gasteiger partial charge is 0.318 e. The van der Waals surface area contributed by atoms with Gasteiger partial charge in [-0.2, -0.15) is 0 Å². The van der Waals surface area contributed by atoms with Gasteiger partial charge in [0.05, 0.1) is 6.04 Å². The predicted molar refractivity (Wildman–Crippen MR) is 143 cm³/mol. The van der Waals surface area contributed by atoms with Crippen LogP contribution in [-0.4, -0.2) is 53.5 Å². The molecule has 0 saturated carbocycles. The molecule has 0 saturated heterocycles. The molecule has 3 rings (SSSR count). The number of urea groups is 1. The number of aryl methyl sites for hydroxylation is 1. The minimum absolute atomic E-state index is 0.0439. The lowest BCUT2D eigenvalue weighted by molar-refractivity contribution is -0.135. The molecule has 1 N–H and O–H groups in total. The minimum Gasteiger partial charge on any atom is -0.491 e. The molecule has 0 aliphatic carbocycles. The Morgan fingerprint density at radius 1 is 1.31 bits per heavy atom. The molecular weight excluding hydrogens is 482 g/mol. The van der Waals surface area contributed by atoms with E-state index in [2.05, 4.69) is 30.6 Å². The lowest BCUT2D eigenvalue weighted by atomic mass is 10.00.